The van der Waals surface area contributed by atoms with E-state index in [0.29, 0.717) is 23.8 Å². The number of amides is 1. The molecule has 0 spiro atoms. The van der Waals surface area contributed by atoms with Gasteiger partial charge in [-0.2, -0.15) is 0 Å². The zero-order valence-corrected chi connectivity index (χ0v) is 12.5. The SMILES string of the molecule is CNC(=O)C(C)Oc1ccc(F)cc1CNCC(C)C. The molecule has 0 saturated heterocycles. The Bertz CT molecular complexity index is 449. The summed E-state index contributed by atoms with van der Waals surface area (Å²) in [5.41, 5.74) is 0.710. The van der Waals surface area contributed by atoms with E-state index >= 15 is 0 Å². The molecule has 1 unspecified atom stereocenters. The molecule has 112 valence electrons. The van der Waals surface area contributed by atoms with Crippen LogP contribution in [0.15, 0.2) is 18.2 Å². The van der Waals surface area contributed by atoms with Gasteiger partial charge in [-0.1, -0.05) is 13.8 Å². The minimum absolute atomic E-state index is 0.213. The first-order valence-electron chi connectivity index (χ1n) is 6.81. The van der Waals surface area contributed by atoms with Crippen LogP contribution >= 0.6 is 0 Å². The van der Waals surface area contributed by atoms with Crippen molar-refractivity contribution in [3.8, 4) is 5.75 Å². The van der Waals surface area contributed by atoms with Gasteiger partial charge in [0.05, 0.1) is 0 Å². The lowest BCUT2D eigenvalue weighted by Gasteiger charge is -2.17. The predicted octanol–water partition coefficient (Wildman–Crippen LogP) is 2.08. The first kappa shape index (κ1) is 16.4. The van der Waals surface area contributed by atoms with Crippen molar-refractivity contribution < 1.29 is 13.9 Å². The maximum absolute atomic E-state index is 13.3. The molecule has 1 rings (SSSR count). The van der Waals surface area contributed by atoms with Crippen LogP contribution in [0.2, 0.25) is 0 Å². The van der Waals surface area contributed by atoms with Crippen molar-refractivity contribution in [2.75, 3.05) is 13.6 Å². The summed E-state index contributed by atoms with van der Waals surface area (Å²) in [5.74, 6) is 0.512. The number of hydrogen-bond donors (Lipinski definition) is 2. The number of rotatable bonds is 7. The second-order valence-electron chi connectivity index (χ2n) is 5.15. The molecule has 4 nitrogen and oxygen atoms in total. The molecule has 0 heterocycles. The van der Waals surface area contributed by atoms with E-state index in [9.17, 15) is 9.18 Å². The second kappa shape index (κ2) is 7.85. The number of hydrogen-bond acceptors (Lipinski definition) is 3. The lowest BCUT2D eigenvalue weighted by molar-refractivity contribution is -0.126. The Balaban J connectivity index is 2.76. The van der Waals surface area contributed by atoms with E-state index in [0.717, 1.165) is 6.54 Å². The molecule has 0 aliphatic heterocycles. The Morgan fingerprint density at radius 3 is 2.65 bits per heavy atom. The maximum atomic E-state index is 13.3. The highest BCUT2D eigenvalue weighted by Gasteiger charge is 2.15. The van der Waals surface area contributed by atoms with Gasteiger partial charge in [0.1, 0.15) is 11.6 Å². The summed E-state index contributed by atoms with van der Waals surface area (Å²) >= 11 is 0. The van der Waals surface area contributed by atoms with Crippen molar-refractivity contribution in [3.05, 3.63) is 29.6 Å². The first-order chi connectivity index (χ1) is 9.43. The molecule has 1 aromatic rings. The molecule has 0 bridgehead atoms. The number of carbonyl (C=O) groups is 1. The molecule has 0 saturated carbocycles. The van der Waals surface area contributed by atoms with Gasteiger partial charge in [0.2, 0.25) is 0 Å². The highest BCUT2D eigenvalue weighted by molar-refractivity contribution is 5.80. The zero-order valence-electron chi connectivity index (χ0n) is 12.5. The highest BCUT2D eigenvalue weighted by atomic mass is 19.1. The Labute approximate surface area is 119 Å². The van der Waals surface area contributed by atoms with Gasteiger partial charge < -0.3 is 15.4 Å². The number of benzene rings is 1. The first-order valence-corrected chi connectivity index (χ1v) is 6.81. The molecule has 5 heteroatoms. The Morgan fingerprint density at radius 2 is 2.05 bits per heavy atom. The van der Waals surface area contributed by atoms with Gasteiger partial charge in [0.15, 0.2) is 6.10 Å². The summed E-state index contributed by atoms with van der Waals surface area (Å²) in [6.45, 7) is 7.20. The van der Waals surface area contributed by atoms with E-state index in [1.54, 1.807) is 20.0 Å². The number of halogens is 1. The number of likely N-dealkylation sites (N-methyl/N-ethyl adjacent to an activating group) is 1. The van der Waals surface area contributed by atoms with E-state index in [4.69, 9.17) is 4.74 Å². The fourth-order valence-electron chi connectivity index (χ4n) is 1.74. The van der Waals surface area contributed by atoms with Crippen molar-refractivity contribution in [1.29, 1.82) is 0 Å². The van der Waals surface area contributed by atoms with E-state index in [2.05, 4.69) is 24.5 Å². The topological polar surface area (TPSA) is 50.4 Å². The van der Waals surface area contributed by atoms with Crippen LogP contribution in [0.25, 0.3) is 0 Å². The fraction of sp³-hybridized carbons (Fsp3) is 0.533. The third kappa shape index (κ3) is 5.17. The quantitative estimate of drug-likeness (QED) is 0.805. The number of nitrogens with one attached hydrogen (secondary N) is 2. The lowest BCUT2D eigenvalue weighted by atomic mass is 10.1. The minimum Gasteiger partial charge on any atom is -0.481 e. The fourth-order valence-corrected chi connectivity index (χ4v) is 1.74. The Kier molecular flexibility index (Phi) is 6.45. The second-order valence-corrected chi connectivity index (χ2v) is 5.15. The average Bonchev–Trinajstić information content (AvgIpc) is 2.40. The molecule has 0 aliphatic rings. The van der Waals surface area contributed by atoms with Gasteiger partial charge >= 0.3 is 0 Å². The minimum atomic E-state index is -0.616. The number of carbonyl (C=O) groups excluding carboxylic acids is 1. The summed E-state index contributed by atoms with van der Waals surface area (Å²) in [7, 11) is 1.55. The molecule has 2 N–H and O–H groups in total. The Morgan fingerprint density at radius 1 is 1.35 bits per heavy atom. The van der Waals surface area contributed by atoms with Crippen molar-refractivity contribution in [2.45, 2.75) is 33.4 Å². The molecule has 1 atom stereocenters. The predicted molar refractivity (Wildman–Crippen MR) is 77.1 cm³/mol. The van der Waals surface area contributed by atoms with E-state index in [-0.39, 0.29) is 11.7 Å². The van der Waals surface area contributed by atoms with Crippen LogP contribution in [0.4, 0.5) is 4.39 Å². The van der Waals surface area contributed by atoms with Crippen LogP contribution in [-0.2, 0) is 11.3 Å². The van der Waals surface area contributed by atoms with Crippen molar-refractivity contribution in [1.82, 2.24) is 10.6 Å². The largest absolute Gasteiger partial charge is 0.481 e. The lowest BCUT2D eigenvalue weighted by Crippen LogP contribution is -2.34. The average molecular weight is 282 g/mol. The van der Waals surface area contributed by atoms with Gasteiger partial charge in [-0.3, -0.25) is 4.79 Å². The van der Waals surface area contributed by atoms with Gasteiger partial charge in [0.25, 0.3) is 5.91 Å². The van der Waals surface area contributed by atoms with Crippen LogP contribution in [0.3, 0.4) is 0 Å². The highest BCUT2D eigenvalue weighted by Crippen LogP contribution is 2.21. The summed E-state index contributed by atoms with van der Waals surface area (Å²) in [5, 5.41) is 5.76. The van der Waals surface area contributed by atoms with Crippen molar-refractivity contribution in [3.63, 3.8) is 0 Å². The van der Waals surface area contributed by atoms with Crippen LogP contribution in [0.5, 0.6) is 5.75 Å². The Hall–Kier alpha value is -1.62. The van der Waals surface area contributed by atoms with E-state index in [1.165, 1.54) is 12.1 Å². The van der Waals surface area contributed by atoms with Gasteiger partial charge in [0, 0.05) is 19.2 Å². The van der Waals surface area contributed by atoms with Gasteiger partial charge in [-0.25, -0.2) is 4.39 Å². The molecule has 0 aromatic heterocycles. The van der Waals surface area contributed by atoms with Crippen LogP contribution < -0.4 is 15.4 Å². The molecule has 0 aliphatic carbocycles. The zero-order chi connectivity index (χ0) is 15.1. The van der Waals surface area contributed by atoms with E-state index < -0.39 is 6.10 Å². The van der Waals surface area contributed by atoms with Gasteiger partial charge in [-0.15, -0.1) is 0 Å². The van der Waals surface area contributed by atoms with Crippen LogP contribution in [0.1, 0.15) is 26.3 Å². The molecule has 1 amide bonds. The standard InChI is InChI=1S/C15H23FN2O2/c1-10(2)8-18-9-12-7-13(16)5-6-14(12)20-11(3)15(19)17-4/h5-7,10-11,18H,8-9H2,1-4H3,(H,17,19). The summed E-state index contributed by atoms with van der Waals surface area (Å²) in [4.78, 5) is 11.5. The molecular formula is C15H23FN2O2. The van der Waals surface area contributed by atoms with Crippen molar-refractivity contribution >= 4 is 5.91 Å². The smallest absolute Gasteiger partial charge is 0.260 e. The molecular weight excluding hydrogens is 259 g/mol. The molecule has 1 aromatic carbocycles. The van der Waals surface area contributed by atoms with Gasteiger partial charge in [-0.05, 0) is 37.6 Å². The van der Waals surface area contributed by atoms with Crippen LogP contribution in [0, 0.1) is 11.7 Å². The summed E-state index contributed by atoms with van der Waals surface area (Å²) < 4.78 is 18.9. The van der Waals surface area contributed by atoms with Crippen molar-refractivity contribution in [2.24, 2.45) is 5.92 Å². The molecule has 20 heavy (non-hydrogen) atoms. The summed E-state index contributed by atoms with van der Waals surface area (Å²) in [6.07, 6.45) is -0.616. The molecule has 0 radical (unpaired) electrons. The normalized spacial score (nSPS) is 12.3. The maximum Gasteiger partial charge on any atom is 0.260 e. The third-order valence-electron chi connectivity index (χ3n) is 2.81. The summed E-state index contributed by atoms with van der Waals surface area (Å²) in [6, 6.07) is 4.32. The monoisotopic (exact) mass is 282 g/mol. The third-order valence-corrected chi connectivity index (χ3v) is 2.81. The van der Waals surface area contributed by atoms with Crippen LogP contribution in [-0.4, -0.2) is 25.6 Å². The van der Waals surface area contributed by atoms with E-state index in [1.807, 2.05) is 0 Å². The number of ether oxygens (including phenoxy) is 1. The molecule has 0 fully saturated rings.